The molecule has 24 heavy (non-hydrogen) atoms. The van der Waals surface area contributed by atoms with Gasteiger partial charge in [0.25, 0.3) is 0 Å². The van der Waals surface area contributed by atoms with E-state index in [-0.39, 0.29) is 7.21 Å². The highest BCUT2D eigenvalue weighted by molar-refractivity contribution is 6.08. The maximum absolute atomic E-state index is 12.8. The second-order valence-electron chi connectivity index (χ2n) is 6.94. The average molecular weight is 325 g/mol. The molecule has 1 saturated heterocycles. The standard InChI is InChI=1S/C20H25N3O.H2/c1-14(2)16-7-6-12-23(13-16)19-10-4-9-18(22-19)20(24)17-8-5-11-21-15(17)3;/h4-5,8-11,14,16H,6-7,12-13H2,1-3H3;1H/t16-;/m1./s1. The van der Waals surface area contributed by atoms with Crippen molar-refractivity contribution in [1.82, 2.24) is 9.97 Å². The van der Waals surface area contributed by atoms with E-state index in [2.05, 4.69) is 28.7 Å². The molecule has 2 aromatic heterocycles. The topological polar surface area (TPSA) is 46.1 Å². The summed E-state index contributed by atoms with van der Waals surface area (Å²) < 4.78 is 0. The van der Waals surface area contributed by atoms with Crippen molar-refractivity contribution in [3.05, 3.63) is 53.5 Å². The summed E-state index contributed by atoms with van der Waals surface area (Å²) in [5.74, 6) is 2.23. The molecule has 3 rings (SSSR count). The molecule has 0 amide bonds. The number of hydrogen-bond donors (Lipinski definition) is 0. The van der Waals surface area contributed by atoms with Crippen molar-refractivity contribution in [3.8, 4) is 0 Å². The van der Waals surface area contributed by atoms with Crippen molar-refractivity contribution < 1.29 is 6.22 Å². The number of carbonyl (C=O) groups excluding carboxylic acids is 1. The van der Waals surface area contributed by atoms with Crippen LogP contribution in [0.2, 0.25) is 0 Å². The number of anilines is 1. The number of pyridine rings is 2. The number of rotatable bonds is 4. The van der Waals surface area contributed by atoms with Crippen LogP contribution in [-0.4, -0.2) is 28.8 Å². The van der Waals surface area contributed by atoms with E-state index in [1.807, 2.05) is 25.1 Å². The van der Waals surface area contributed by atoms with E-state index in [0.717, 1.165) is 24.6 Å². The van der Waals surface area contributed by atoms with Gasteiger partial charge in [0.05, 0.1) is 0 Å². The first-order valence-electron chi connectivity index (χ1n) is 8.74. The van der Waals surface area contributed by atoms with Gasteiger partial charge in [0.2, 0.25) is 5.78 Å². The molecule has 1 atom stereocenters. The van der Waals surface area contributed by atoms with E-state index >= 15 is 0 Å². The van der Waals surface area contributed by atoms with Crippen molar-refractivity contribution in [2.45, 2.75) is 33.6 Å². The highest BCUT2D eigenvalue weighted by atomic mass is 16.1. The van der Waals surface area contributed by atoms with Gasteiger partial charge in [-0.05, 0) is 55.9 Å². The van der Waals surface area contributed by atoms with Gasteiger partial charge in [-0.1, -0.05) is 19.9 Å². The fourth-order valence-electron chi connectivity index (χ4n) is 3.35. The van der Waals surface area contributed by atoms with Gasteiger partial charge in [-0.2, -0.15) is 0 Å². The van der Waals surface area contributed by atoms with Gasteiger partial charge in [0.1, 0.15) is 11.5 Å². The van der Waals surface area contributed by atoms with Crippen LogP contribution in [0.15, 0.2) is 36.5 Å². The zero-order valence-corrected chi connectivity index (χ0v) is 14.7. The molecule has 0 saturated carbocycles. The minimum absolute atomic E-state index is 0. The molecule has 1 fully saturated rings. The maximum Gasteiger partial charge on any atom is 0.213 e. The molecule has 0 N–H and O–H groups in total. The van der Waals surface area contributed by atoms with Gasteiger partial charge in [-0.15, -0.1) is 0 Å². The molecular formula is C20H27N3O. The van der Waals surface area contributed by atoms with Gasteiger partial charge >= 0.3 is 0 Å². The summed E-state index contributed by atoms with van der Waals surface area (Å²) in [5.41, 5.74) is 1.86. The molecule has 0 unspecified atom stereocenters. The SMILES string of the molecule is Cc1ncccc1C(=O)c1cccc(N2CCC[C@@H](C(C)C)C2)n1.[HH]. The van der Waals surface area contributed by atoms with Crippen LogP contribution in [0.5, 0.6) is 0 Å². The predicted molar refractivity (Wildman–Crippen MR) is 98.5 cm³/mol. The molecule has 0 bridgehead atoms. The molecular weight excluding hydrogens is 298 g/mol. The summed E-state index contributed by atoms with van der Waals surface area (Å²) in [6, 6.07) is 9.34. The van der Waals surface area contributed by atoms with Gasteiger partial charge in [0.15, 0.2) is 0 Å². The Balaban J connectivity index is 0.00000225. The van der Waals surface area contributed by atoms with Crippen molar-refractivity contribution in [2.75, 3.05) is 18.0 Å². The first-order valence-corrected chi connectivity index (χ1v) is 8.74. The first-order chi connectivity index (χ1) is 11.6. The monoisotopic (exact) mass is 325 g/mol. The van der Waals surface area contributed by atoms with Crippen LogP contribution in [0.25, 0.3) is 0 Å². The highest BCUT2D eigenvalue weighted by Gasteiger charge is 2.24. The fraction of sp³-hybridized carbons (Fsp3) is 0.450. The maximum atomic E-state index is 12.8. The van der Waals surface area contributed by atoms with Crippen molar-refractivity contribution in [1.29, 1.82) is 0 Å². The number of aromatic nitrogens is 2. The molecule has 3 heterocycles. The van der Waals surface area contributed by atoms with Crippen molar-refractivity contribution in [3.63, 3.8) is 0 Å². The average Bonchev–Trinajstić information content (AvgIpc) is 2.62. The van der Waals surface area contributed by atoms with E-state index in [9.17, 15) is 4.79 Å². The largest absolute Gasteiger partial charge is 0.356 e. The zero-order chi connectivity index (χ0) is 17.1. The van der Waals surface area contributed by atoms with Crippen molar-refractivity contribution in [2.24, 2.45) is 11.8 Å². The fourth-order valence-corrected chi connectivity index (χ4v) is 3.35. The molecule has 128 valence electrons. The molecule has 0 radical (unpaired) electrons. The van der Waals surface area contributed by atoms with Gasteiger partial charge in [-0.25, -0.2) is 4.98 Å². The Kier molecular flexibility index (Phi) is 4.93. The van der Waals surface area contributed by atoms with Gasteiger partial charge in [0, 0.05) is 32.0 Å². The van der Waals surface area contributed by atoms with Crippen LogP contribution in [0.3, 0.4) is 0 Å². The molecule has 4 nitrogen and oxygen atoms in total. The third kappa shape index (κ3) is 3.48. The number of nitrogens with zero attached hydrogens (tertiary/aromatic N) is 3. The quantitative estimate of drug-likeness (QED) is 0.793. The third-order valence-electron chi connectivity index (χ3n) is 4.94. The van der Waals surface area contributed by atoms with E-state index in [0.29, 0.717) is 23.1 Å². The van der Waals surface area contributed by atoms with E-state index in [1.54, 1.807) is 18.3 Å². The number of piperidine rings is 1. The Bertz CT molecular complexity index is 732. The van der Waals surface area contributed by atoms with Crippen molar-refractivity contribution >= 4 is 11.6 Å². The summed E-state index contributed by atoms with van der Waals surface area (Å²) in [7, 11) is 0. The van der Waals surface area contributed by atoms with Crippen LogP contribution in [0.4, 0.5) is 5.82 Å². The molecule has 0 aromatic carbocycles. The summed E-state index contributed by atoms with van der Waals surface area (Å²) >= 11 is 0. The molecule has 4 heteroatoms. The number of hydrogen-bond acceptors (Lipinski definition) is 4. The Morgan fingerprint density at radius 2 is 2.12 bits per heavy atom. The Morgan fingerprint density at radius 1 is 1.29 bits per heavy atom. The number of carbonyl (C=O) groups is 1. The molecule has 0 spiro atoms. The van der Waals surface area contributed by atoms with Crippen LogP contribution < -0.4 is 4.90 Å². The third-order valence-corrected chi connectivity index (χ3v) is 4.94. The lowest BCUT2D eigenvalue weighted by molar-refractivity contribution is 0.103. The Morgan fingerprint density at radius 3 is 2.88 bits per heavy atom. The van der Waals surface area contributed by atoms with E-state index < -0.39 is 0 Å². The summed E-state index contributed by atoms with van der Waals surface area (Å²) in [6.07, 6.45) is 4.17. The minimum Gasteiger partial charge on any atom is -0.356 e. The smallest absolute Gasteiger partial charge is 0.213 e. The summed E-state index contributed by atoms with van der Waals surface area (Å²) in [5, 5.41) is 0. The van der Waals surface area contributed by atoms with Crippen LogP contribution in [0.1, 0.15) is 49.9 Å². The number of ketones is 1. The Hall–Kier alpha value is -2.23. The minimum atomic E-state index is -0.0557. The number of aryl methyl sites for hydroxylation is 1. The lowest BCUT2D eigenvalue weighted by Crippen LogP contribution is -2.38. The lowest BCUT2D eigenvalue weighted by Gasteiger charge is -2.35. The molecule has 0 aliphatic carbocycles. The van der Waals surface area contributed by atoms with Gasteiger partial charge < -0.3 is 4.90 Å². The zero-order valence-electron chi connectivity index (χ0n) is 14.7. The van der Waals surface area contributed by atoms with E-state index in [4.69, 9.17) is 0 Å². The molecule has 1 aliphatic heterocycles. The van der Waals surface area contributed by atoms with E-state index in [1.165, 1.54) is 12.8 Å². The second kappa shape index (κ2) is 7.12. The van der Waals surface area contributed by atoms with Gasteiger partial charge in [-0.3, -0.25) is 9.78 Å². The first kappa shape index (κ1) is 16.6. The predicted octanol–water partition coefficient (Wildman–Crippen LogP) is 4.13. The highest BCUT2D eigenvalue weighted by Crippen LogP contribution is 2.26. The molecule has 2 aromatic rings. The van der Waals surface area contributed by atoms with Crippen LogP contribution >= 0.6 is 0 Å². The summed E-state index contributed by atoms with van der Waals surface area (Å²) in [6.45, 7) is 8.46. The second-order valence-corrected chi connectivity index (χ2v) is 6.94. The summed E-state index contributed by atoms with van der Waals surface area (Å²) in [4.78, 5) is 23.9. The Labute approximate surface area is 145 Å². The lowest BCUT2D eigenvalue weighted by atomic mass is 9.88. The van der Waals surface area contributed by atoms with Crippen LogP contribution in [0, 0.1) is 18.8 Å². The van der Waals surface area contributed by atoms with Crippen LogP contribution in [-0.2, 0) is 0 Å². The molecule has 1 aliphatic rings. The normalized spacial score (nSPS) is 18.0.